The summed E-state index contributed by atoms with van der Waals surface area (Å²) < 4.78 is 0. The Bertz CT molecular complexity index is 1240. The van der Waals surface area contributed by atoms with Gasteiger partial charge in [0.2, 0.25) is 5.91 Å². The second-order valence-electron chi connectivity index (χ2n) is 7.12. The van der Waals surface area contributed by atoms with E-state index in [-0.39, 0.29) is 0 Å². The number of para-hydroxylation sites is 1. The monoisotopic (exact) mass is 433 g/mol. The third-order valence-electron chi connectivity index (χ3n) is 4.97. The lowest BCUT2D eigenvalue weighted by Crippen LogP contribution is -2.44. The van der Waals surface area contributed by atoms with Gasteiger partial charge in [-0.05, 0) is 54.8 Å². The van der Waals surface area contributed by atoms with Crippen LogP contribution >= 0.6 is 11.6 Å². The van der Waals surface area contributed by atoms with E-state index < -0.39 is 17.9 Å². The van der Waals surface area contributed by atoms with Crippen molar-refractivity contribution in [2.45, 2.75) is 18.9 Å². The first-order valence-corrected chi connectivity index (χ1v) is 10.1. The van der Waals surface area contributed by atoms with Gasteiger partial charge in [-0.1, -0.05) is 29.8 Å². The van der Waals surface area contributed by atoms with E-state index in [0.717, 1.165) is 11.1 Å². The molecule has 0 aliphatic carbocycles. The first-order valence-electron chi connectivity index (χ1n) is 9.75. The smallest absolute Gasteiger partial charge is 0.254 e. The lowest BCUT2D eigenvalue weighted by atomic mass is 10.0. The van der Waals surface area contributed by atoms with Crippen molar-refractivity contribution in [3.8, 4) is 11.4 Å². The highest BCUT2D eigenvalue weighted by Gasteiger charge is 2.21. The molecule has 0 radical (unpaired) electrons. The highest BCUT2D eigenvalue weighted by atomic mass is 35.5. The summed E-state index contributed by atoms with van der Waals surface area (Å²) in [6.45, 7) is 0. The van der Waals surface area contributed by atoms with Crippen molar-refractivity contribution in [2.24, 2.45) is 5.73 Å². The summed E-state index contributed by atoms with van der Waals surface area (Å²) in [5, 5.41) is 3.37. The number of hydrogen-bond donors (Lipinski definition) is 3. The van der Waals surface area contributed by atoms with Gasteiger partial charge in [-0.25, -0.2) is 4.98 Å². The van der Waals surface area contributed by atoms with Crippen molar-refractivity contribution in [1.82, 2.24) is 20.3 Å². The molecule has 4 N–H and O–H groups in total. The number of carbonyl (C=O) groups excluding carboxylic acids is 2. The van der Waals surface area contributed by atoms with Crippen LogP contribution in [0.3, 0.4) is 0 Å². The van der Waals surface area contributed by atoms with Crippen molar-refractivity contribution in [3.63, 3.8) is 0 Å². The minimum absolute atomic E-state index is 0.361. The molecule has 2 aromatic heterocycles. The van der Waals surface area contributed by atoms with Gasteiger partial charge in [-0.15, -0.1) is 0 Å². The lowest BCUT2D eigenvalue weighted by molar-refractivity contribution is -0.120. The van der Waals surface area contributed by atoms with E-state index in [1.165, 1.54) is 0 Å². The van der Waals surface area contributed by atoms with Gasteiger partial charge >= 0.3 is 0 Å². The normalized spacial score (nSPS) is 11.9. The Morgan fingerprint density at radius 2 is 1.87 bits per heavy atom. The van der Waals surface area contributed by atoms with Crippen molar-refractivity contribution < 1.29 is 9.59 Å². The van der Waals surface area contributed by atoms with Crippen LogP contribution in [0.25, 0.3) is 22.4 Å². The first kappa shape index (κ1) is 20.6. The Morgan fingerprint density at radius 3 is 2.61 bits per heavy atom. The van der Waals surface area contributed by atoms with Crippen molar-refractivity contribution in [2.75, 3.05) is 0 Å². The maximum absolute atomic E-state index is 13.0. The number of imidazole rings is 1. The minimum Gasteiger partial charge on any atom is -0.368 e. The van der Waals surface area contributed by atoms with Crippen molar-refractivity contribution in [1.29, 1.82) is 0 Å². The quantitative estimate of drug-likeness (QED) is 0.414. The maximum Gasteiger partial charge on any atom is 0.254 e. The van der Waals surface area contributed by atoms with E-state index in [9.17, 15) is 9.59 Å². The Morgan fingerprint density at radius 1 is 1.10 bits per heavy atom. The van der Waals surface area contributed by atoms with Crippen LogP contribution in [0, 0.1) is 0 Å². The summed E-state index contributed by atoms with van der Waals surface area (Å²) in [5.41, 5.74) is 8.96. The van der Waals surface area contributed by atoms with E-state index in [1.54, 1.807) is 30.6 Å². The number of rotatable bonds is 7. The van der Waals surface area contributed by atoms with E-state index in [1.807, 2.05) is 36.4 Å². The molecule has 2 heterocycles. The molecule has 0 saturated carbocycles. The third kappa shape index (κ3) is 4.73. The molecule has 8 heteroatoms. The molecule has 31 heavy (non-hydrogen) atoms. The number of aromatic amines is 1. The second kappa shape index (κ2) is 8.97. The summed E-state index contributed by atoms with van der Waals surface area (Å²) >= 11 is 6.01. The van der Waals surface area contributed by atoms with E-state index in [4.69, 9.17) is 17.3 Å². The Labute approximate surface area is 183 Å². The topological polar surface area (TPSA) is 114 Å². The summed E-state index contributed by atoms with van der Waals surface area (Å²) in [7, 11) is 0. The fourth-order valence-corrected chi connectivity index (χ4v) is 3.60. The number of amides is 2. The molecule has 0 aliphatic heterocycles. The number of hydrogen-bond acceptors (Lipinski definition) is 4. The fourth-order valence-electron chi connectivity index (χ4n) is 3.39. The van der Waals surface area contributed by atoms with Crippen LogP contribution < -0.4 is 11.1 Å². The van der Waals surface area contributed by atoms with Crippen LogP contribution in [-0.2, 0) is 11.2 Å². The number of H-pyrrole nitrogens is 1. The first-order chi connectivity index (χ1) is 15.0. The molecule has 4 aromatic rings. The average Bonchev–Trinajstić information content (AvgIpc) is 3.21. The Balaban J connectivity index is 1.54. The van der Waals surface area contributed by atoms with Gasteiger partial charge in [0, 0.05) is 23.0 Å². The number of halogens is 1. The third-order valence-corrected chi connectivity index (χ3v) is 5.21. The lowest BCUT2D eigenvalue weighted by Gasteiger charge is -2.16. The number of primary amides is 1. The number of nitrogens with one attached hydrogen (secondary N) is 2. The molecule has 0 bridgehead atoms. The van der Waals surface area contributed by atoms with Crippen LogP contribution in [0.15, 0.2) is 67.0 Å². The van der Waals surface area contributed by atoms with Gasteiger partial charge in [0.15, 0.2) is 0 Å². The summed E-state index contributed by atoms with van der Waals surface area (Å²) in [5.74, 6) is -0.375. The average molecular weight is 434 g/mol. The standard InChI is InChI=1S/C23H20ClN5O2/c24-16-4-1-3-14(13-16)7-8-19(21(25)30)28-23(31)17-5-2-6-18-20(17)29-22(27-18)15-9-11-26-12-10-15/h1-6,9-13,19H,7-8H2,(H2,25,30)(H,27,29)(H,28,31)/t19-/m0/s1. The summed E-state index contributed by atoms with van der Waals surface area (Å²) in [6, 6.07) is 15.5. The van der Waals surface area contributed by atoms with Crippen LogP contribution in [0.1, 0.15) is 22.3 Å². The molecule has 156 valence electrons. The second-order valence-corrected chi connectivity index (χ2v) is 7.56. The van der Waals surface area contributed by atoms with E-state index in [0.29, 0.717) is 40.3 Å². The van der Waals surface area contributed by atoms with Crippen LogP contribution in [0.2, 0.25) is 5.02 Å². The maximum atomic E-state index is 13.0. The molecule has 0 fully saturated rings. The van der Waals surface area contributed by atoms with Gasteiger partial charge in [0.1, 0.15) is 17.4 Å². The van der Waals surface area contributed by atoms with E-state index in [2.05, 4.69) is 20.3 Å². The Hall–Kier alpha value is -3.71. The Kier molecular flexibility index (Phi) is 5.95. The predicted molar refractivity (Wildman–Crippen MR) is 120 cm³/mol. The van der Waals surface area contributed by atoms with Crippen LogP contribution in [0.5, 0.6) is 0 Å². The molecular weight excluding hydrogens is 414 g/mol. The molecule has 7 nitrogen and oxygen atoms in total. The van der Waals surface area contributed by atoms with Crippen molar-refractivity contribution >= 4 is 34.4 Å². The fraction of sp³-hybridized carbons (Fsp3) is 0.130. The molecule has 4 rings (SSSR count). The zero-order valence-corrected chi connectivity index (χ0v) is 17.3. The molecule has 0 unspecified atom stereocenters. The molecule has 2 amide bonds. The SMILES string of the molecule is NC(=O)[C@H](CCc1cccc(Cl)c1)NC(=O)c1cccc2[nH]c(-c3ccncc3)nc12. The number of fused-ring (bicyclic) bond motifs is 1. The number of aromatic nitrogens is 3. The van der Waals surface area contributed by atoms with Gasteiger partial charge in [-0.3, -0.25) is 14.6 Å². The minimum atomic E-state index is -0.819. The number of nitrogens with two attached hydrogens (primary N) is 1. The molecule has 0 spiro atoms. The number of carbonyl (C=O) groups is 2. The van der Waals surface area contributed by atoms with Gasteiger partial charge in [0.25, 0.3) is 5.91 Å². The van der Waals surface area contributed by atoms with Crippen LogP contribution in [0.4, 0.5) is 0 Å². The molecular formula is C23H20ClN5O2. The number of aryl methyl sites for hydroxylation is 1. The molecule has 2 aromatic carbocycles. The highest BCUT2D eigenvalue weighted by Crippen LogP contribution is 2.22. The molecule has 0 aliphatic rings. The molecule has 1 atom stereocenters. The largest absolute Gasteiger partial charge is 0.368 e. The molecule has 0 saturated heterocycles. The number of benzene rings is 2. The van der Waals surface area contributed by atoms with E-state index >= 15 is 0 Å². The van der Waals surface area contributed by atoms with Crippen molar-refractivity contribution in [3.05, 3.63) is 83.1 Å². The summed E-state index contributed by atoms with van der Waals surface area (Å²) in [4.78, 5) is 36.7. The zero-order chi connectivity index (χ0) is 21.8. The predicted octanol–water partition coefficient (Wildman–Crippen LogP) is 3.49. The van der Waals surface area contributed by atoms with Gasteiger partial charge < -0.3 is 16.0 Å². The van der Waals surface area contributed by atoms with Crippen LogP contribution in [-0.4, -0.2) is 32.8 Å². The number of pyridine rings is 1. The number of nitrogens with zero attached hydrogens (tertiary/aromatic N) is 2. The highest BCUT2D eigenvalue weighted by molar-refractivity contribution is 6.30. The summed E-state index contributed by atoms with van der Waals surface area (Å²) in [6.07, 6.45) is 4.26. The zero-order valence-electron chi connectivity index (χ0n) is 16.5. The van der Waals surface area contributed by atoms with Gasteiger partial charge in [-0.2, -0.15) is 0 Å². The van der Waals surface area contributed by atoms with Gasteiger partial charge in [0.05, 0.1) is 11.1 Å².